The maximum absolute atomic E-state index is 12.2. The summed E-state index contributed by atoms with van der Waals surface area (Å²) in [5, 5.41) is 10.0. The number of urea groups is 1. The number of aryl methyl sites for hydroxylation is 1. The molecule has 7 nitrogen and oxygen atoms in total. The van der Waals surface area contributed by atoms with E-state index in [9.17, 15) is 14.4 Å². The van der Waals surface area contributed by atoms with Crippen molar-refractivity contribution in [2.75, 3.05) is 16.0 Å². The summed E-state index contributed by atoms with van der Waals surface area (Å²) in [5.41, 5.74) is 2.65. The van der Waals surface area contributed by atoms with Crippen molar-refractivity contribution in [2.24, 2.45) is 0 Å². The molecule has 0 spiro atoms. The van der Waals surface area contributed by atoms with Crippen LogP contribution >= 0.6 is 11.3 Å². The highest BCUT2D eigenvalue weighted by Gasteiger charge is 2.08. The molecule has 3 aromatic rings. The second kappa shape index (κ2) is 9.01. The number of anilines is 3. The molecule has 0 aliphatic heterocycles. The van der Waals surface area contributed by atoms with Gasteiger partial charge in [-0.15, -0.1) is 0 Å². The molecule has 2 aromatic carbocycles. The van der Waals surface area contributed by atoms with Gasteiger partial charge in [0.2, 0.25) is 5.91 Å². The van der Waals surface area contributed by atoms with Gasteiger partial charge >= 0.3 is 10.9 Å². The Hall–Kier alpha value is -3.39. The fourth-order valence-electron chi connectivity index (χ4n) is 2.60. The van der Waals surface area contributed by atoms with Gasteiger partial charge in [-0.3, -0.25) is 9.59 Å². The average molecular weight is 396 g/mol. The van der Waals surface area contributed by atoms with Crippen LogP contribution in [0.1, 0.15) is 12.1 Å². The van der Waals surface area contributed by atoms with Crippen molar-refractivity contribution in [3.8, 4) is 0 Å². The largest absolute Gasteiger partial charge is 0.326 e. The lowest BCUT2D eigenvalue weighted by molar-refractivity contribution is -0.116. The number of hydrogen-bond acceptors (Lipinski definition) is 4. The molecule has 0 unspecified atom stereocenters. The smallest absolute Gasteiger partial charge is 0.323 e. The summed E-state index contributed by atoms with van der Waals surface area (Å²) < 4.78 is 1.58. The highest BCUT2D eigenvalue weighted by atomic mass is 32.1. The van der Waals surface area contributed by atoms with Crippen molar-refractivity contribution < 1.29 is 9.59 Å². The van der Waals surface area contributed by atoms with Gasteiger partial charge in [0.15, 0.2) is 0 Å². The van der Waals surface area contributed by atoms with Crippen LogP contribution in [0.4, 0.5) is 21.9 Å². The van der Waals surface area contributed by atoms with E-state index in [-0.39, 0.29) is 23.2 Å². The molecule has 3 amide bonds. The van der Waals surface area contributed by atoms with E-state index in [1.165, 1.54) is 0 Å². The first kappa shape index (κ1) is 19.4. The minimum atomic E-state index is -0.373. The van der Waals surface area contributed by atoms with E-state index >= 15 is 0 Å². The van der Waals surface area contributed by atoms with E-state index in [0.717, 1.165) is 17.0 Å². The summed E-state index contributed by atoms with van der Waals surface area (Å²) in [6.45, 7) is 2.17. The average Bonchev–Trinajstić information content (AvgIpc) is 2.99. The van der Waals surface area contributed by atoms with E-state index in [4.69, 9.17) is 0 Å². The van der Waals surface area contributed by atoms with Gasteiger partial charge in [0.1, 0.15) is 0 Å². The van der Waals surface area contributed by atoms with E-state index in [2.05, 4.69) is 16.0 Å². The Bertz CT molecular complexity index is 1030. The van der Waals surface area contributed by atoms with Crippen molar-refractivity contribution in [3.05, 3.63) is 75.3 Å². The van der Waals surface area contributed by atoms with Crippen LogP contribution < -0.4 is 20.8 Å². The molecule has 0 bridgehead atoms. The Morgan fingerprint density at radius 2 is 1.57 bits per heavy atom. The number of benzene rings is 2. The zero-order valence-electron chi connectivity index (χ0n) is 15.3. The van der Waals surface area contributed by atoms with Crippen LogP contribution in [0, 0.1) is 6.92 Å². The number of aromatic nitrogens is 1. The maximum atomic E-state index is 12.2. The summed E-state index contributed by atoms with van der Waals surface area (Å²) in [6, 6.07) is 15.6. The molecule has 8 heteroatoms. The first-order valence-electron chi connectivity index (χ1n) is 8.69. The van der Waals surface area contributed by atoms with Crippen LogP contribution in [0.25, 0.3) is 0 Å². The number of para-hydroxylation sites is 1. The van der Waals surface area contributed by atoms with Gasteiger partial charge in [0.05, 0.1) is 0 Å². The zero-order valence-corrected chi connectivity index (χ0v) is 16.1. The molecule has 1 heterocycles. The van der Waals surface area contributed by atoms with Crippen LogP contribution in [-0.2, 0) is 11.3 Å². The Balaban J connectivity index is 1.54. The highest BCUT2D eigenvalue weighted by molar-refractivity contribution is 7.07. The summed E-state index contributed by atoms with van der Waals surface area (Å²) >= 11 is 1.12. The van der Waals surface area contributed by atoms with Gasteiger partial charge in [-0.05, 0) is 37.3 Å². The third-order valence-corrected chi connectivity index (χ3v) is 4.86. The van der Waals surface area contributed by atoms with E-state index in [1.807, 2.05) is 25.1 Å². The Labute approximate surface area is 166 Å². The molecule has 144 valence electrons. The molecule has 3 N–H and O–H groups in total. The van der Waals surface area contributed by atoms with E-state index in [0.29, 0.717) is 23.6 Å². The van der Waals surface area contributed by atoms with Gasteiger partial charge in [0.25, 0.3) is 0 Å². The fourth-order valence-corrected chi connectivity index (χ4v) is 3.36. The normalized spacial score (nSPS) is 10.3. The first-order chi connectivity index (χ1) is 13.5. The topological polar surface area (TPSA) is 92.2 Å². The van der Waals surface area contributed by atoms with Crippen molar-refractivity contribution in [2.45, 2.75) is 19.9 Å². The third-order valence-electron chi connectivity index (χ3n) is 3.97. The number of nitrogens with one attached hydrogen (secondary N) is 3. The summed E-state index contributed by atoms with van der Waals surface area (Å²) in [4.78, 5) is 35.9. The molecule has 0 fully saturated rings. The number of rotatable bonds is 6. The van der Waals surface area contributed by atoms with Crippen molar-refractivity contribution in [3.63, 3.8) is 0 Å². The Morgan fingerprint density at radius 1 is 0.929 bits per heavy atom. The maximum Gasteiger partial charge on any atom is 0.323 e. The van der Waals surface area contributed by atoms with Crippen LogP contribution in [0.2, 0.25) is 0 Å². The predicted octanol–water partition coefficient (Wildman–Crippen LogP) is 3.89. The van der Waals surface area contributed by atoms with E-state index in [1.54, 1.807) is 46.3 Å². The summed E-state index contributed by atoms with van der Waals surface area (Å²) in [5.74, 6) is -0.205. The minimum Gasteiger partial charge on any atom is -0.326 e. The fraction of sp³-hybridized carbons (Fsp3) is 0.150. The molecule has 3 rings (SSSR count). The predicted molar refractivity (Wildman–Crippen MR) is 112 cm³/mol. The second-order valence-electron chi connectivity index (χ2n) is 6.12. The molecule has 0 radical (unpaired) electrons. The Morgan fingerprint density at radius 3 is 2.25 bits per heavy atom. The Kier molecular flexibility index (Phi) is 6.23. The number of hydrogen-bond donors (Lipinski definition) is 3. The van der Waals surface area contributed by atoms with Crippen molar-refractivity contribution in [1.29, 1.82) is 0 Å². The van der Waals surface area contributed by atoms with Gasteiger partial charge < -0.3 is 20.5 Å². The van der Waals surface area contributed by atoms with Gasteiger partial charge in [-0.1, -0.05) is 35.6 Å². The monoisotopic (exact) mass is 396 g/mol. The quantitative estimate of drug-likeness (QED) is 0.590. The standard InChI is InChI=1S/C20H20N4O3S/c1-14-13-28-20(27)24(14)11-10-18(25)21-16-8-5-9-17(12-16)23-19(26)22-15-6-3-2-4-7-15/h2-9,12-13H,10-11H2,1H3,(H,21,25)(H2,22,23,26). The minimum absolute atomic E-state index is 0.0686. The molecule has 0 aliphatic carbocycles. The number of amides is 3. The number of carbonyl (C=O) groups excluding carboxylic acids is 2. The van der Waals surface area contributed by atoms with Crippen LogP contribution in [0.15, 0.2) is 64.8 Å². The van der Waals surface area contributed by atoms with Gasteiger partial charge in [-0.25, -0.2) is 4.79 Å². The first-order valence-corrected chi connectivity index (χ1v) is 9.57. The molecule has 0 aliphatic rings. The number of nitrogens with zero attached hydrogens (tertiary/aromatic N) is 1. The molecule has 0 atom stereocenters. The third kappa shape index (κ3) is 5.31. The molecule has 0 saturated heterocycles. The molecular weight excluding hydrogens is 376 g/mol. The van der Waals surface area contributed by atoms with Gasteiger partial charge in [0, 0.05) is 41.1 Å². The molecular formula is C20H20N4O3S. The zero-order chi connectivity index (χ0) is 19.9. The lowest BCUT2D eigenvalue weighted by Gasteiger charge is -2.10. The van der Waals surface area contributed by atoms with Crippen molar-refractivity contribution in [1.82, 2.24) is 4.57 Å². The van der Waals surface area contributed by atoms with Crippen LogP contribution in [-0.4, -0.2) is 16.5 Å². The molecule has 28 heavy (non-hydrogen) atoms. The molecule has 1 aromatic heterocycles. The van der Waals surface area contributed by atoms with Crippen LogP contribution in [0.3, 0.4) is 0 Å². The van der Waals surface area contributed by atoms with E-state index < -0.39 is 0 Å². The number of thiazole rings is 1. The molecule has 0 saturated carbocycles. The SMILES string of the molecule is Cc1csc(=O)n1CCC(=O)Nc1cccc(NC(=O)Nc2ccccc2)c1. The number of carbonyl (C=O) groups is 2. The lowest BCUT2D eigenvalue weighted by Crippen LogP contribution is -2.21. The lowest BCUT2D eigenvalue weighted by atomic mass is 10.2. The second-order valence-corrected chi connectivity index (χ2v) is 6.94. The highest BCUT2D eigenvalue weighted by Crippen LogP contribution is 2.16. The summed E-state index contributed by atoms with van der Waals surface area (Å²) in [6.07, 6.45) is 0.184. The van der Waals surface area contributed by atoms with Gasteiger partial charge in [-0.2, -0.15) is 0 Å². The summed E-state index contributed by atoms with van der Waals surface area (Å²) in [7, 11) is 0. The van der Waals surface area contributed by atoms with Crippen molar-refractivity contribution >= 4 is 40.3 Å². The van der Waals surface area contributed by atoms with Crippen LogP contribution in [0.5, 0.6) is 0 Å².